The van der Waals surface area contributed by atoms with E-state index in [-0.39, 0.29) is 12.1 Å². The maximum Gasteiger partial charge on any atom is 0.410 e. The van der Waals surface area contributed by atoms with Crippen molar-refractivity contribution < 1.29 is 14.3 Å². The van der Waals surface area contributed by atoms with Crippen molar-refractivity contribution in [1.82, 2.24) is 10.2 Å². The number of morpholine rings is 1. The number of hydrogen-bond acceptors (Lipinski definition) is 5. The second-order valence-electron chi connectivity index (χ2n) is 6.75. The van der Waals surface area contributed by atoms with Gasteiger partial charge in [0.15, 0.2) is 0 Å². The van der Waals surface area contributed by atoms with Gasteiger partial charge in [-0.05, 0) is 34.1 Å². The molecule has 0 aromatic rings. The van der Waals surface area contributed by atoms with Crippen LogP contribution in [0.15, 0.2) is 0 Å². The van der Waals surface area contributed by atoms with Crippen molar-refractivity contribution in [2.75, 3.05) is 37.8 Å². The van der Waals surface area contributed by atoms with Gasteiger partial charge in [0.25, 0.3) is 0 Å². The summed E-state index contributed by atoms with van der Waals surface area (Å²) in [6, 6.07) is 0.359. The van der Waals surface area contributed by atoms with Gasteiger partial charge in [-0.15, -0.1) is 18.2 Å². The predicted molar refractivity (Wildman–Crippen MR) is 95.8 cm³/mol. The van der Waals surface area contributed by atoms with Crippen LogP contribution < -0.4 is 5.32 Å². The molecule has 0 saturated carbocycles. The van der Waals surface area contributed by atoms with Crippen molar-refractivity contribution in [1.29, 1.82) is 0 Å². The lowest BCUT2D eigenvalue weighted by Gasteiger charge is -2.37. The summed E-state index contributed by atoms with van der Waals surface area (Å²) in [4.78, 5) is 14.1. The van der Waals surface area contributed by atoms with Crippen molar-refractivity contribution in [3.63, 3.8) is 0 Å². The summed E-state index contributed by atoms with van der Waals surface area (Å²) in [5, 5.41) is 3.47. The Morgan fingerprint density at radius 2 is 2.30 bits per heavy atom. The Morgan fingerprint density at radius 1 is 1.57 bits per heavy atom. The molecule has 132 valence electrons. The van der Waals surface area contributed by atoms with Gasteiger partial charge >= 0.3 is 6.09 Å². The van der Waals surface area contributed by atoms with E-state index < -0.39 is 5.60 Å². The second-order valence-corrected chi connectivity index (χ2v) is 7.86. The summed E-state index contributed by atoms with van der Waals surface area (Å²) in [6.45, 7) is 10.4. The van der Waals surface area contributed by atoms with Crippen LogP contribution in [0.4, 0.5) is 4.79 Å². The number of nitrogens with zero attached hydrogens (tertiary/aromatic N) is 1. The molecule has 1 heterocycles. The highest BCUT2D eigenvalue weighted by atomic mass is 32.2. The monoisotopic (exact) mass is 342 g/mol. The topological polar surface area (TPSA) is 50.8 Å². The van der Waals surface area contributed by atoms with Crippen LogP contribution in [0.25, 0.3) is 0 Å². The highest BCUT2D eigenvalue weighted by Gasteiger charge is 2.31. The van der Waals surface area contributed by atoms with Crippen LogP contribution in [-0.4, -0.2) is 66.5 Å². The smallest absolute Gasteiger partial charge is 0.410 e. The lowest BCUT2D eigenvalue weighted by atomic mass is 10.1. The van der Waals surface area contributed by atoms with Crippen molar-refractivity contribution in [3.8, 4) is 12.3 Å². The van der Waals surface area contributed by atoms with Crippen LogP contribution in [0.1, 0.15) is 34.1 Å². The zero-order chi connectivity index (χ0) is 17.3. The van der Waals surface area contributed by atoms with E-state index in [1.54, 1.807) is 16.7 Å². The first-order valence-corrected chi connectivity index (χ1v) is 9.31. The number of rotatable bonds is 7. The number of hydrogen-bond donors (Lipinski definition) is 1. The third-order valence-corrected chi connectivity index (χ3v) is 4.27. The van der Waals surface area contributed by atoms with Gasteiger partial charge in [-0.1, -0.05) is 5.92 Å². The summed E-state index contributed by atoms with van der Waals surface area (Å²) in [6.07, 6.45) is 5.83. The van der Waals surface area contributed by atoms with Crippen LogP contribution in [0.3, 0.4) is 0 Å². The molecule has 6 heteroatoms. The highest BCUT2D eigenvalue weighted by molar-refractivity contribution is 7.99. The lowest BCUT2D eigenvalue weighted by molar-refractivity contribution is -0.0355. The molecule has 1 N–H and O–H groups in total. The van der Waals surface area contributed by atoms with Gasteiger partial charge in [-0.25, -0.2) is 4.79 Å². The van der Waals surface area contributed by atoms with Crippen LogP contribution in [0.5, 0.6) is 0 Å². The summed E-state index contributed by atoms with van der Waals surface area (Å²) in [7, 11) is 0. The van der Waals surface area contributed by atoms with Crippen molar-refractivity contribution in [2.24, 2.45) is 0 Å². The number of amides is 1. The van der Waals surface area contributed by atoms with Gasteiger partial charge in [0, 0.05) is 24.9 Å². The molecule has 0 radical (unpaired) electrons. The van der Waals surface area contributed by atoms with Crippen LogP contribution >= 0.6 is 11.8 Å². The zero-order valence-electron chi connectivity index (χ0n) is 14.8. The average Bonchev–Trinajstić information content (AvgIpc) is 2.45. The van der Waals surface area contributed by atoms with Crippen LogP contribution in [-0.2, 0) is 9.47 Å². The quantitative estimate of drug-likeness (QED) is 0.568. The number of thioether (sulfide) groups is 1. The lowest BCUT2D eigenvalue weighted by Crippen LogP contribution is -2.52. The molecule has 0 spiro atoms. The first-order valence-electron chi connectivity index (χ1n) is 8.15. The third kappa shape index (κ3) is 8.50. The van der Waals surface area contributed by atoms with Gasteiger partial charge < -0.3 is 19.7 Å². The number of ether oxygens (including phenoxy) is 2. The molecule has 1 aliphatic heterocycles. The number of carbonyl (C=O) groups is 1. The Kier molecular flexibility index (Phi) is 8.82. The van der Waals surface area contributed by atoms with Crippen molar-refractivity contribution in [2.45, 2.75) is 51.8 Å². The van der Waals surface area contributed by atoms with Gasteiger partial charge in [0.1, 0.15) is 5.60 Å². The van der Waals surface area contributed by atoms with E-state index in [0.29, 0.717) is 25.8 Å². The van der Waals surface area contributed by atoms with Crippen molar-refractivity contribution in [3.05, 3.63) is 0 Å². The predicted octanol–water partition coefficient (Wildman–Crippen LogP) is 2.36. The molecule has 0 aromatic heterocycles. The summed E-state index contributed by atoms with van der Waals surface area (Å²) in [5.41, 5.74) is -0.474. The molecule has 5 nitrogen and oxygen atoms in total. The Hall–Kier alpha value is -0.900. The second kappa shape index (κ2) is 10.1. The molecule has 1 rings (SSSR count). The van der Waals surface area contributed by atoms with Crippen LogP contribution in [0, 0.1) is 12.3 Å². The first-order chi connectivity index (χ1) is 10.8. The molecule has 2 atom stereocenters. The normalized spacial score (nSPS) is 20.0. The minimum absolute atomic E-state index is 0.0551. The minimum atomic E-state index is -0.474. The molecule has 1 amide bonds. The highest BCUT2D eigenvalue weighted by Crippen LogP contribution is 2.17. The largest absolute Gasteiger partial charge is 0.444 e. The van der Waals surface area contributed by atoms with Gasteiger partial charge in [-0.3, -0.25) is 0 Å². The van der Waals surface area contributed by atoms with E-state index in [4.69, 9.17) is 15.9 Å². The SMILES string of the molecule is C#CCSCCNC(C)CC1COCCN1C(=O)OC(C)(C)C. The van der Waals surface area contributed by atoms with Gasteiger partial charge in [0.05, 0.1) is 25.0 Å². The Labute approximate surface area is 144 Å². The van der Waals surface area contributed by atoms with Gasteiger partial charge in [0.2, 0.25) is 0 Å². The van der Waals surface area contributed by atoms with E-state index in [1.165, 1.54) is 0 Å². The number of nitrogens with one attached hydrogen (secondary N) is 1. The molecule has 23 heavy (non-hydrogen) atoms. The summed E-state index contributed by atoms with van der Waals surface area (Å²) >= 11 is 1.75. The van der Waals surface area contributed by atoms with E-state index in [1.807, 2.05) is 20.8 Å². The Morgan fingerprint density at radius 3 is 2.96 bits per heavy atom. The van der Waals surface area contributed by atoms with Crippen LogP contribution in [0.2, 0.25) is 0 Å². The standard InChI is InChI=1S/C17H30N2O3S/c1-6-10-23-11-7-18-14(2)12-15-13-21-9-8-19(15)16(20)22-17(3,4)5/h1,14-15,18H,7-13H2,2-5H3. The molecule has 0 aliphatic carbocycles. The Balaban J connectivity index is 2.42. The average molecular weight is 343 g/mol. The van der Waals surface area contributed by atoms with E-state index in [2.05, 4.69) is 18.2 Å². The summed E-state index contributed by atoms with van der Waals surface area (Å²) < 4.78 is 11.1. The maximum atomic E-state index is 12.3. The fourth-order valence-electron chi connectivity index (χ4n) is 2.41. The number of terminal acetylenes is 1. The van der Waals surface area contributed by atoms with E-state index in [9.17, 15) is 4.79 Å². The fourth-order valence-corrected chi connectivity index (χ4v) is 2.94. The third-order valence-electron chi connectivity index (χ3n) is 3.41. The van der Waals surface area contributed by atoms with E-state index >= 15 is 0 Å². The van der Waals surface area contributed by atoms with E-state index in [0.717, 1.165) is 24.5 Å². The van der Waals surface area contributed by atoms with Gasteiger partial charge in [-0.2, -0.15) is 0 Å². The molecule has 0 aromatic carbocycles. The summed E-state index contributed by atoms with van der Waals surface area (Å²) in [5.74, 6) is 4.36. The Bertz CT molecular complexity index is 404. The molecule has 1 saturated heterocycles. The minimum Gasteiger partial charge on any atom is -0.444 e. The van der Waals surface area contributed by atoms with Crippen molar-refractivity contribution >= 4 is 17.9 Å². The first kappa shape index (κ1) is 20.1. The molecule has 2 unspecified atom stereocenters. The number of carbonyl (C=O) groups excluding carboxylic acids is 1. The molecule has 1 fully saturated rings. The molecule has 0 bridgehead atoms. The fraction of sp³-hybridized carbons (Fsp3) is 0.824. The zero-order valence-corrected chi connectivity index (χ0v) is 15.6. The maximum absolute atomic E-state index is 12.3. The molecular weight excluding hydrogens is 312 g/mol. The molecule has 1 aliphatic rings. The molecular formula is C17H30N2O3S.